The van der Waals surface area contributed by atoms with Crippen molar-refractivity contribution in [2.24, 2.45) is 0 Å². The van der Waals surface area contributed by atoms with Gasteiger partial charge in [0.25, 0.3) is 0 Å². The van der Waals surface area contributed by atoms with E-state index in [-0.39, 0.29) is 5.78 Å². The number of carbonyl (C=O) groups is 1. The molecule has 0 saturated heterocycles. The molecule has 4 aromatic carbocycles. The van der Waals surface area contributed by atoms with Crippen molar-refractivity contribution < 1.29 is 33.2 Å². The van der Waals surface area contributed by atoms with Gasteiger partial charge in [-0.3, -0.25) is 4.79 Å². The lowest BCUT2D eigenvalue weighted by molar-refractivity contribution is -0.108. The zero-order chi connectivity index (χ0) is 29.8. The van der Waals surface area contributed by atoms with E-state index in [9.17, 15) is 4.79 Å². The lowest BCUT2D eigenvalue weighted by Gasteiger charge is -2.19. The Labute approximate surface area is 245 Å². The fraction of sp³-hybridized carbons (Fsp3) is 0.171. The van der Waals surface area contributed by atoms with Crippen LogP contribution in [-0.2, 0) is 4.79 Å². The zero-order valence-corrected chi connectivity index (χ0v) is 24.4. The third-order valence-corrected chi connectivity index (χ3v) is 7.24. The normalized spacial score (nSPS) is 12.9. The number of ketones is 1. The molecule has 0 unspecified atom stereocenters. The molecule has 0 heterocycles. The Kier molecular flexibility index (Phi) is 8.20. The molecular formula is C35H32O7. The van der Waals surface area contributed by atoms with Crippen molar-refractivity contribution in [3.8, 4) is 34.5 Å². The maximum Gasteiger partial charge on any atom is 0.203 e. The molecule has 214 valence electrons. The van der Waals surface area contributed by atoms with Crippen LogP contribution in [0, 0.1) is 0 Å². The van der Waals surface area contributed by atoms with E-state index in [0.717, 1.165) is 11.1 Å². The number of methoxy groups -OCH3 is 6. The van der Waals surface area contributed by atoms with Gasteiger partial charge in [0, 0.05) is 22.3 Å². The molecule has 7 nitrogen and oxygen atoms in total. The van der Waals surface area contributed by atoms with Gasteiger partial charge in [-0.05, 0) is 46.5 Å². The first-order valence-electron chi connectivity index (χ1n) is 13.3. The molecule has 0 saturated carbocycles. The Hall–Kier alpha value is -5.17. The Balaban J connectivity index is 1.95. The lowest BCUT2D eigenvalue weighted by atomic mass is 9.88. The Morgan fingerprint density at radius 2 is 0.690 bits per heavy atom. The SMILES string of the molecule is COc1cc(C2=C(c3ccccc3)C(=O)C(c3ccccc3)=C2c2cc(OC)c(OC)c(OC)c2)cc(OC)c1OC. The maximum absolute atomic E-state index is 14.6. The molecule has 42 heavy (non-hydrogen) atoms. The van der Waals surface area contributed by atoms with Crippen molar-refractivity contribution in [1.29, 1.82) is 0 Å². The number of allylic oxidation sites excluding steroid dienone is 4. The van der Waals surface area contributed by atoms with Gasteiger partial charge in [0.1, 0.15) is 0 Å². The summed E-state index contributed by atoms with van der Waals surface area (Å²) < 4.78 is 34.1. The van der Waals surface area contributed by atoms with Crippen molar-refractivity contribution >= 4 is 28.1 Å². The average Bonchev–Trinajstić information content (AvgIpc) is 3.36. The van der Waals surface area contributed by atoms with Gasteiger partial charge in [-0.15, -0.1) is 0 Å². The number of rotatable bonds is 10. The summed E-state index contributed by atoms with van der Waals surface area (Å²) in [6, 6.07) is 26.7. The molecule has 1 aliphatic rings. The molecule has 0 aliphatic heterocycles. The van der Waals surface area contributed by atoms with Crippen LogP contribution in [0.5, 0.6) is 34.5 Å². The smallest absolute Gasteiger partial charge is 0.203 e. The summed E-state index contributed by atoms with van der Waals surface area (Å²) in [5.74, 6) is 2.68. The van der Waals surface area contributed by atoms with Crippen LogP contribution < -0.4 is 28.4 Å². The first-order valence-corrected chi connectivity index (χ1v) is 13.3. The number of ether oxygens (including phenoxy) is 6. The molecule has 4 aromatic rings. The van der Waals surface area contributed by atoms with Gasteiger partial charge in [0.2, 0.25) is 11.5 Å². The number of benzene rings is 4. The van der Waals surface area contributed by atoms with E-state index in [0.29, 0.717) is 67.9 Å². The summed E-state index contributed by atoms with van der Waals surface area (Å²) >= 11 is 0. The van der Waals surface area contributed by atoms with Crippen molar-refractivity contribution in [2.75, 3.05) is 42.7 Å². The van der Waals surface area contributed by atoms with Crippen molar-refractivity contribution in [2.45, 2.75) is 0 Å². The van der Waals surface area contributed by atoms with Gasteiger partial charge in [-0.2, -0.15) is 0 Å². The third-order valence-electron chi connectivity index (χ3n) is 7.24. The molecular weight excluding hydrogens is 532 g/mol. The highest BCUT2D eigenvalue weighted by molar-refractivity contribution is 6.59. The van der Waals surface area contributed by atoms with E-state index in [1.54, 1.807) is 42.7 Å². The maximum atomic E-state index is 14.6. The largest absolute Gasteiger partial charge is 0.493 e. The van der Waals surface area contributed by atoms with Crippen LogP contribution >= 0.6 is 0 Å². The van der Waals surface area contributed by atoms with Crippen LogP contribution in [0.3, 0.4) is 0 Å². The zero-order valence-electron chi connectivity index (χ0n) is 24.4. The van der Waals surface area contributed by atoms with Crippen LogP contribution in [0.1, 0.15) is 22.3 Å². The summed E-state index contributed by atoms with van der Waals surface area (Å²) in [6.45, 7) is 0. The number of carbonyl (C=O) groups excluding carboxylic acids is 1. The van der Waals surface area contributed by atoms with Crippen molar-refractivity contribution in [3.05, 3.63) is 107 Å². The summed E-state index contributed by atoms with van der Waals surface area (Å²) in [7, 11) is 9.39. The van der Waals surface area contributed by atoms with E-state index >= 15 is 0 Å². The van der Waals surface area contributed by atoms with E-state index < -0.39 is 0 Å². The van der Waals surface area contributed by atoms with E-state index in [1.165, 1.54) is 0 Å². The van der Waals surface area contributed by atoms with Crippen LogP contribution in [0.15, 0.2) is 84.9 Å². The highest BCUT2D eigenvalue weighted by Gasteiger charge is 2.37. The van der Waals surface area contributed by atoms with Gasteiger partial charge in [-0.1, -0.05) is 60.7 Å². The molecule has 0 fully saturated rings. The topological polar surface area (TPSA) is 72.5 Å². The molecule has 0 bridgehead atoms. The predicted octanol–water partition coefficient (Wildman–Crippen LogP) is 6.84. The standard InChI is InChI=1S/C35H32O7/c1-37-25-17-23(18-26(38-2)34(25)41-5)29-30(24-19-27(39-3)35(42-6)28(20-24)40-4)32(22-15-11-8-12-16-22)33(36)31(29)21-13-9-7-10-14-21/h7-20H,1-6H3. The molecule has 5 rings (SSSR count). The third kappa shape index (κ3) is 4.83. The first-order chi connectivity index (χ1) is 20.5. The predicted molar refractivity (Wildman–Crippen MR) is 164 cm³/mol. The minimum atomic E-state index is -0.111. The van der Waals surface area contributed by atoms with Crippen LogP contribution in [0.25, 0.3) is 22.3 Å². The highest BCUT2D eigenvalue weighted by Crippen LogP contribution is 2.53. The fourth-order valence-corrected chi connectivity index (χ4v) is 5.39. The summed E-state index contributed by atoms with van der Waals surface area (Å²) in [4.78, 5) is 14.6. The Morgan fingerprint density at radius 1 is 0.381 bits per heavy atom. The Morgan fingerprint density at radius 3 is 0.952 bits per heavy atom. The van der Waals surface area contributed by atoms with E-state index in [4.69, 9.17) is 28.4 Å². The molecule has 0 atom stereocenters. The quantitative estimate of drug-likeness (QED) is 0.209. The van der Waals surface area contributed by atoms with Gasteiger partial charge in [0.15, 0.2) is 28.8 Å². The molecule has 0 N–H and O–H groups in total. The van der Waals surface area contributed by atoms with Crippen molar-refractivity contribution in [3.63, 3.8) is 0 Å². The fourth-order valence-electron chi connectivity index (χ4n) is 5.39. The van der Waals surface area contributed by atoms with E-state index in [2.05, 4.69) is 0 Å². The van der Waals surface area contributed by atoms with Crippen LogP contribution in [0.2, 0.25) is 0 Å². The minimum Gasteiger partial charge on any atom is -0.493 e. The second-order valence-corrected chi connectivity index (χ2v) is 9.39. The molecule has 0 spiro atoms. The molecule has 0 radical (unpaired) electrons. The van der Waals surface area contributed by atoms with Crippen LogP contribution in [0.4, 0.5) is 0 Å². The second-order valence-electron chi connectivity index (χ2n) is 9.39. The van der Waals surface area contributed by atoms with Gasteiger partial charge >= 0.3 is 0 Å². The number of hydrogen-bond acceptors (Lipinski definition) is 7. The Bertz CT molecular complexity index is 1510. The van der Waals surface area contributed by atoms with Gasteiger partial charge in [-0.25, -0.2) is 0 Å². The van der Waals surface area contributed by atoms with Crippen LogP contribution in [-0.4, -0.2) is 48.4 Å². The van der Waals surface area contributed by atoms with Gasteiger partial charge in [0.05, 0.1) is 42.7 Å². The average molecular weight is 565 g/mol. The molecule has 0 aromatic heterocycles. The van der Waals surface area contributed by atoms with Crippen molar-refractivity contribution in [1.82, 2.24) is 0 Å². The minimum absolute atomic E-state index is 0.111. The monoisotopic (exact) mass is 564 g/mol. The van der Waals surface area contributed by atoms with E-state index in [1.807, 2.05) is 84.9 Å². The summed E-state index contributed by atoms with van der Waals surface area (Å²) in [5, 5.41) is 0. The summed E-state index contributed by atoms with van der Waals surface area (Å²) in [5.41, 5.74) is 5.50. The highest BCUT2D eigenvalue weighted by atomic mass is 16.5. The molecule has 0 amide bonds. The molecule has 7 heteroatoms. The first kappa shape index (κ1) is 28.4. The summed E-state index contributed by atoms with van der Waals surface area (Å²) in [6.07, 6.45) is 0. The number of hydrogen-bond donors (Lipinski definition) is 0. The molecule has 1 aliphatic carbocycles. The second kappa shape index (κ2) is 12.1. The number of Topliss-reactive ketones (excluding diaryl/α,β-unsaturated/α-hetero) is 1. The lowest BCUT2D eigenvalue weighted by Crippen LogP contribution is -2.02. The van der Waals surface area contributed by atoms with Gasteiger partial charge < -0.3 is 28.4 Å².